The molecule has 1 atom stereocenters. The van der Waals surface area contributed by atoms with Crippen molar-refractivity contribution in [3.8, 4) is 17.2 Å². The van der Waals surface area contributed by atoms with Crippen LogP contribution in [-0.2, 0) is 0 Å². The van der Waals surface area contributed by atoms with E-state index in [1.54, 1.807) is 12.1 Å². The fourth-order valence-corrected chi connectivity index (χ4v) is 2.88. The van der Waals surface area contributed by atoms with Crippen molar-refractivity contribution in [2.24, 2.45) is 0 Å². The molecule has 0 aliphatic rings. The number of hydrogen-bond acceptors (Lipinski definition) is 4. The first kappa shape index (κ1) is 18.6. The quantitative estimate of drug-likeness (QED) is 0.866. The minimum absolute atomic E-state index is 0.118. The number of amides is 1. The topological polar surface area (TPSA) is 56.8 Å². The number of benzene rings is 2. The number of nitrogens with one attached hydrogen (secondary N) is 1. The first-order chi connectivity index (χ1) is 11.9. The number of hydrogen-bond donors (Lipinski definition) is 1. The van der Waals surface area contributed by atoms with Gasteiger partial charge in [0.15, 0.2) is 11.5 Å². The van der Waals surface area contributed by atoms with Crippen molar-refractivity contribution in [3.05, 3.63) is 52.6 Å². The predicted octanol–water partition coefficient (Wildman–Crippen LogP) is 3.82. The molecule has 0 saturated carbocycles. The summed E-state index contributed by atoms with van der Waals surface area (Å²) in [5, 5.41) is 3.02. The van der Waals surface area contributed by atoms with E-state index in [9.17, 15) is 4.79 Å². The van der Waals surface area contributed by atoms with E-state index in [2.05, 4.69) is 18.3 Å². The van der Waals surface area contributed by atoms with Gasteiger partial charge in [-0.1, -0.05) is 23.8 Å². The van der Waals surface area contributed by atoms with E-state index in [4.69, 9.17) is 14.2 Å². The molecule has 0 aliphatic heterocycles. The molecule has 0 heterocycles. The normalized spacial score (nSPS) is 11.6. The maximum atomic E-state index is 12.7. The molecule has 0 fully saturated rings. The number of rotatable bonds is 6. The van der Waals surface area contributed by atoms with E-state index in [0.29, 0.717) is 22.8 Å². The molecule has 2 aromatic carbocycles. The summed E-state index contributed by atoms with van der Waals surface area (Å²) >= 11 is 0. The van der Waals surface area contributed by atoms with Gasteiger partial charge in [0.25, 0.3) is 5.91 Å². The summed E-state index contributed by atoms with van der Waals surface area (Å²) in [5.74, 6) is 1.16. The van der Waals surface area contributed by atoms with Gasteiger partial charge in [0.1, 0.15) is 0 Å². The Morgan fingerprint density at radius 1 is 0.960 bits per heavy atom. The predicted molar refractivity (Wildman–Crippen MR) is 97.9 cm³/mol. The Bertz CT molecular complexity index is 745. The van der Waals surface area contributed by atoms with Crippen molar-refractivity contribution in [1.82, 2.24) is 5.32 Å². The Hall–Kier alpha value is -2.69. The molecule has 2 rings (SSSR count). The van der Waals surface area contributed by atoms with Crippen LogP contribution in [0.25, 0.3) is 0 Å². The highest BCUT2D eigenvalue weighted by Crippen LogP contribution is 2.38. The fraction of sp³-hybridized carbons (Fsp3) is 0.350. The van der Waals surface area contributed by atoms with Gasteiger partial charge in [-0.3, -0.25) is 4.79 Å². The molecule has 2 aromatic rings. The molecule has 5 nitrogen and oxygen atoms in total. The lowest BCUT2D eigenvalue weighted by atomic mass is 10.00. The molecular weight excluding hydrogens is 318 g/mol. The van der Waals surface area contributed by atoms with Crippen molar-refractivity contribution in [3.63, 3.8) is 0 Å². The third-order valence-corrected chi connectivity index (χ3v) is 4.17. The Labute approximate surface area is 148 Å². The van der Waals surface area contributed by atoms with E-state index in [0.717, 1.165) is 11.1 Å². The lowest BCUT2D eigenvalue weighted by Gasteiger charge is -2.18. The van der Waals surface area contributed by atoms with Crippen LogP contribution in [0.2, 0.25) is 0 Å². The van der Waals surface area contributed by atoms with Crippen LogP contribution in [0.5, 0.6) is 17.2 Å². The number of carbonyl (C=O) groups is 1. The van der Waals surface area contributed by atoms with Crippen molar-refractivity contribution in [2.45, 2.75) is 26.8 Å². The number of carbonyl (C=O) groups excluding carboxylic acids is 1. The van der Waals surface area contributed by atoms with Crippen LogP contribution in [0.15, 0.2) is 30.3 Å². The second-order valence-corrected chi connectivity index (χ2v) is 5.97. The van der Waals surface area contributed by atoms with Gasteiger partial charge in [0.2, 0.25) is 5.75 Å². The lowest BCUT2D eigenvalue weighted by Crippen LogP contribution is -2.27. The molecule has 0 radical (unpaired) electrons. The molecule has 0 bridgehead atoms. The number of methoxy groups -OCH3 is 3. The zero-order valence-electron chi connectivity index (χ0n) is 15.6. The van der Waals surface area contributed by atoms with E-state index in [-0.39, 0.29) is 11.9 Å². The van der Waals surface area contributed by atoms with Crippen LogP contribution >= 0.6 is 0 Å². The summed E-state index contributed by atoms with van der Waals surface area (Å²) in [6.45, 7) is 6.06. The Morgan fingerprint density at radius 2 is 1.56 bits per heavy atom. The van der Waals surface area contributed by atoms with Crippen LogP contribution in [-0.4, -0.2) is 27.2 Å². The van der Waals surface area contributed by atoms with E-state index in [1.165, 1.54) is 26.9 Å². The van der Waals surface area contributed by atoms with Crippen molar-refractivity contribution in [1.29, 1.82) is 0 Å². The van der Waals surface area contributed by atoms with Crippen LogP contribution in [0.1, 0.15) is 40.0 Å². The standard InChI is InChI=1S/C20H25NO4/c1-12-7-8-16(13(2)9-12)14(3)21-20(22)15-10-17(23-4)19(25-6)18(11-15)24-5/h7-11,14H,1-6H3,(H,21,22)/t14-/m1/s1. The highest BCUT2D eigenvalue weighted by molar-refractivity contribution is 5.95. The van der Waals surface area contributed by atoms with Crippen molar-refractivity contribution >= 4 is 5.91 Å². The number of aryl methyl sites for hydroxylation is 2. The van der Waals surface area contributed by atoms with E-state index in [1.807, 2.05) is 26.0 Å². The van der Waals surface area contributed by atoms with Gasteiger partial charge in [-0.2, -0.15) is 0 Å². The van der Waals surface area contributed by atoms with Gasteiger partial charge >= 0.3 is 0 Å². The van der Waals surface area contributed by atoms with Crippen LogP contribution in [0.3, 0.4) is 0 Å². The number of ether oxygens (including phenoxy) is 3. The van der Waals surface area contributed by atoms with Gasteiger partial charge in [-0.15, -0.1) is 0 Å². The van der Waals surface area contributed by atoms with Crippen molar-refractivity contribution in [2.75, 3.05) is 21.3 Å². The second-order valence-electron chi connectivity index (χ2n) is 5.97. The van der Waals surface area contributed by atoms with Crippen LogP contribution in [0, 0.1) is 13.8 Å². The highest BCUT2D eigenvalue weighted by Gasteiger charge is 2.19. The molecule has 0 spiro atoms. The Morgan fingerprint density at radius 3 is 2.04 bits per heavy atom. The zero-order chi connectivity index (χ0) is 18.6. The third-order valence-electron chi connectivity index (χ3n) is 4.17. The first-order valence-electron chi connectivity index (χ1n) is 8.09. The van der Waals surface area contributed by atoms with E-state index < -0.39 is 0 Å². The molecule has 1 amide bonds. The minimum Gasteiger partial charge on any atom is -0.493 e. The van der Waals surface area contributed by atoms with Gasteiger partial charge < -0.3 is 19.5 Å². The largest absolute Gasteiger partial charge is 0.493 e. The fourth-order valence-electron chi connectivity index (χ4n) is 2.88. The molecule has 5 heteroatoms. The summed E-state index contributed by atoms with van der Waals surface area (Å²) in [6, 6.07) is 9.37. The third kappa shape index (κ3) is 4.05. The molecule has 0 saturated heterocycles. The summed E-state index contributed by atoms with van der Waals surface area (Å²) in [4.78, 5) is 12.7. The average Bonchev–Trinajstić information content (AvgIpc) is 2.59. The molecule has 25 heavy (non-hydrogen) atoms. The second kappa shape index (κ2) is 7.92. The molecule has 0 aromatic heterocycles. The maximum Gasteiger partial charge on any atom is 0.252 e. The van der Waals surface area contributed by atoms with Crippen LogP contribution < -0.4 is 19.5 Å². The summed E-state index contributed by atoms with van der Waals surface area (Å²) in [7, 11) is 4.58. The van der Waals surface area contributed by atoms with Crippen LogP contribution in [0.4, 0.5) is 0 Å². The smallest absolute Gasteiger partial charge is 0.252 e. The first-order valence-corrected chi connectivity index (χ1v) is 8.09. The SMILES string of the molecule is COc1cc(C(=O)N[C@H](C)c2ccc(C)cc2C)cc(OC)c1OC. The zero-order valence-corrected chi connectivity index (χ0v) is 15.6. The molecule has 0 unspecified atom stereocenters. The molecule has 0 aliphatic carbocycles. The van der Waals surface area contributed by atoms with Gasteiger partial charge in [-0.05, 0) is 44.0 Å². The van der Waals surface area contributed by atoms with Gasteiger partial charge in [-0.25, -0.2) is 0 Å². The molecule has 1 N–H and O–H groups in total. The average molecular weight is 343 g/mol. The summed E-state index contributed by atoms with van der Waals surface area (Å²) in [6.07, 6.45) is 0. The Kier molecular flexibility index (Phi) is 5.91. The summed E-state index contributed by atoms with van der Waals surface area (Å²) < 4.78 is 15.9. The molecule has 134 valence electrons. The van der Waals surface area contributed by atoms with Gasteiger partial charge in [0, 0.05) is 5.56 Å². The summed E-state index contributed by atoms with van der Waals surface area (Å²) in [5.41, 5.74) is 3.89. The lowest BCUT2D eigenvalue weighted by molar-refractivity contribution is 0.0939. The molecular formula is C20H25NO4. The maximum absolute atomic E-state index is 12.7. The monoisotopic (exact) mass is 343 g/mol. The Balaban J connectivity index is 2.28. The van der Waals surface area contributed by atoms with Crippen molar-refractivity contribution < 1.29 is 19.0 Å². The highest BCUT2D eigenvalue weighted by atomic mass is 16.5. The van der Waals surface area contributed by atoms with E-state index >= 15 is 0 Å². The van der Waals surface area contributed by atoms with Gasteiger partial charge in [0.05, 0.1) is 27.4 Å². The minimum atomic E-state index is -0.202.